The van der Waals surface area contributed by atoms with Crippen LogP contribution in [0.25, 0.3) is 0 Å². The van der Waals surface area contributed by atoms with E-state index in [9.17, 15) is 20.1 Å². The molecule has 0 radical (unpaired) electrons. The van der Waals surface area contributed by atoms with Crippen molar-refractivity contribution in [3.63, 3.8) is 0 Å². The number of aliphatic hydroxyl groups excluding tert-OH is 3. The first-order valence-corrected chi connectivity index (χ1v) is 7.71. The Kier molecular flexibility index (Phi) is 9.77. The fourth-order valence-electron chi connectivity index (χ4n) is 2.02. The molecule has 0 aromatic carbocycles. The monoisotopic (exact) mass is 335 g/mol. The average molecular weight is 335 g/mol. The van der Waals surface area contributed by atoms with Gasteiger partial charge in [0.1, 0.15) is 18.3 Å². The number of rotatable bonds is 6. The van der Waals surface area contributed by atoms with E-state index in [2.05, 4.69) is 0 Å². The highest BCUT2D eigenvalue weighted by molar-refractivity contribution is 5.73. The highest BCUT2D eigenvalue weighted by atomic mass is 16.6. The lowest BCUT2D eigenvalue weighted by Crippen LogP contribution is -2.64. The summed E-state index contributed by atoms with van der Waals surface area (Å²) in [4.78, 5) is 11.0. The van der Waals surface area contributed by atoms with Crippen molar-refractivity contribution in [2.45, 2.75) is 70.7 Å². The molecule has 1 heterocycles. The molecule has 23 heavy (non-hydrogen) atoms. The molecule has 0 spiro atoms. The summed E-state index contributed by atoms with van der Waals surface area (Å²) in [6.07, 6.45) is -4.35. The summed E-state index contributed by atoms with van der Waals surface area (Å²) in [5, 5.41) is 38.9. The molecule has 1 fully saturated rings. The number of carboxylic acids is 1. The Bertz CT molecular complexity index is 393. The topological polar surface area (TPSA) is 162 Å². The second kappa shape index (κ2) is 10.4. The molecular weight excluding hydrogens is 306 g/mol. The number of allylic oxidation sites excluding steroid dienone is 1. The number of nitrogens with two attached hydrogens (primary N) is 2. The molecule has 0 aliphatic carbocycles. The van der Waals surface area contributed by atoms with Gasteiger partial charge in [-0.1, -0.05) is 27.2 Å². The first-order valence-electron chi connectivity index (χ1n) is 7.71. The Morgan fingerprint density at radius 1 is 1.22 bits per heavy atom. The third-order valence-electron chi connectivity index (χ3n) is 3.26. The predicted molar refractivity (Wildman–Crippen MR) is 83.5 cm³/mol. The van der Waals surface area contributed by atoms with E-state index >= 15 is 0 Å². The lowest BCUT2D eigenvalue weighted by molar-refractivity contribution is -0.254. The van der Waals surface area contributed by atoms with Crippen LogP contribution in [0.4, 0.5) is 0 Å². The van der Waals surface area contributed by atoms with Crippen LogP contribution in [0.1, 0.15) is 40.0 Å². The van der Waals surface area contributed by atoms with Gasteiger partial charge in [-0.05, 0) is 12.8 Å². The molecule has 9 nitrogen and oxygen atoms in total. The van der Waals surface area contributed by atoms with E-state index in [1.807, 2.05) is 20.8 Å². The molecule has 1 saturated heterocycles. The summed E-state index contributed by atoms with van der Waals surface area (Å²) in [7, 11) is 0. The number of aliphatic carboxylic acids is 1. The van der Waals surface area contributed by atoms with E-state index in [4.69, 9.17) is 21.4 Å². The molecule has 0 amide bonds. The zero-order chi connectivity index (χ0) is 18.2. The Morgan fingerprint density at radius 3 is 2.26 bits per heavy atom. The van der Waals surface area contributed by atoms with Crippen molar-refractivity contribution in [3.05, 3.63) is 11.9 Å². The van der Waals surface area contributed by atoms with Crippen LogP contribution in [-0.2, 0) is 9.53 Å². The van der Waals surface area contributed by atoms with E-state index in [1.165, 1.54) is 6.20 Å². The van der Waals surface area contributed by atoms with Crippen molar-refractivity contribution in [1.29, 1.82) is 0 Å². The number of ether oxygens (including phenoxy) is 1. The Labute approximate surface area is 136 Å². The minimum atomic E-state index is -1.75. The van der Waals surface area contributed by atoms with Gasteiger partial charge in [0.2, 0.25) is 0 Å². The molecule has 0 aromatic heterocycles. The molecule has 9 heteroatoms. The first-order chi connectivity index (χ1) is 10.8. The van der Waals surface area contributed by atoms with Gasteiger partial charge >= 0.3 is 5.97 Å². The van der Waals surface area contributed by atoms with Gasteiger partial charge in [0.15, 0.2) is 12.3 Å². The number of hydrogen-bond donors (Lipinski definition) is 6. The van der Waals surface area contributed by atoms with Crippen LogP contribution in [0.15, 0.2) is 11.9 Å². The average Bonchev–Trinajstić information content (AvgIpc) is 2.52. The summed E-state index contributed by atoms with van der Waals surface area (Å²) in [5.74, 6) is 4.22. The van der Waals surface area contributed by atoms with Crippen molar-refractivity contribution < 1.29 is 30.0 Å². The van der Waals surface area contributed by atoms with Crippen LogP contribution in [0, 0.1) is 0 Å². The lowest BCUT2D eigenvalue weighted by atomic mass is 9.98. The molecule has 5 unspecified atom stereocenters. The smallest absolute Gasteiger partial charge is 0.335 e. The van der Waals surface area contributed by atoms with Crippen LogP contribution in [0.2, 0.25) is 0 Å². The number of carboxylic acid groups (broad SMARTS) is 1. The molecule has 0 saturated carbocycles. The van der Waals surface area contributed by atoms with Crippen LogP contribution in [0.5, 0.6) is 0 Å². The van der Waals surface area contributed by atoms with E-state index < -0.39 is 36.6 Å². The maximum Gasteiger partial charge on any atom is 0.335 e. The van der Waals surface area contributed by atoms with Gasteiger partial charge in [-0.15, -0.1) is 0 Å². The van der Waals surface area contributed by atoms with Crippen LogP contribution in [0.3, 0.4) is 0 Å². The third kappa shape index (κ3) is 5.96. The number of carbonyl (C=O) groups is 1. The van der Waals surface area contributed by atoms with E-state index in [0.717, 1.165) is 17.9 Å². The second-order valence-electron chi connectivity index (χ2n) is 5.01. The molecule has 0 bridgehead atoms. The zero-order valence-corrected chi connectivity index (χ0v) is 13.8. The number of aliphatic hydroxyl groups is 3. The quantitative estimate of drug-likeness (QED) is 0.266. The number of hydrazine groups is 1. The maximum absolute atomic E-state index is 11.0. The minimum absolute atomic E-state index is 0.433. The molecular formula is C14H29N3O6. The van der Waals surface area contributed by atoms with Gasteiger partial charge < -0.3 is 30.9 Å². The van der Waals surface area contributed by atoms with E-state index in [-0.39, 0.29) is 0 Å². The fraction of sp³-hybridized carbons (Fsp3) is 0.786. The SMILES string of the molecule is CC.CCCC/C(N)=C/N(N)C1OC(C(=O)O)C(O)C(O)C1O. The van der Waals surface area contributed by atoms with Gasteiger partial charge in [0, 0.05) is 11.9 Å². The highest BCUT2D eigenvalue weighted by Crippen LogP contribution is 2.23. The van der Waals surface area contributed by atoms with Crippen molar-refractivity contribution in [1.82, 2.24) is 5.01 Å². The molecule has 1 aliphatic rings. The molecule has 5 atom stereocenters. The van der Waals surface area contributed by atoms with Crippen LogP contribution < -0.4 is 11.6 Å². The van der Waals surface area contributed by atoms with E-state index in [0.29, 0.717) is 12.1 Å². The van der Waals surface area contributed by atoms with Crippen molar-refractivity contribution >= 4 is 5.97 Å². The molecule has 8 N–H and O–H groups in total. The fourth-order valence-corrected chi connectivity index (χ4v) is 2.02. The number of unbranched alkanes of at least 4 members (excludes halogenated alkanes) is 1. The number of hydrogen-bond acceptors (Lipinski definition) is 8. The van der Waals surface area contributed by atoms with Crippen molar-refractivity contribution in [3.8, 4) is 0 Å². The van der Waals surface area contributed by atoms with Gasteiger partial charge in [-0.2, -0.15) is 0 Å². The summed E-state index contributed by atoms with van der Waals surface area (Å²) in [6.45, 7) is 6.00. The van der Waals surface area contributed by atoms with Crippen molar-refractivity contribution in [2.24, 2.45) is 11.6 Å². The van der Waals surface area contributed by atoms with Crippen LogP contribution >= 0.6 is 0 Å². The summed E-state index contributed by atoms with van der Waals surface area (Å²) in [5.41, 5.74) is 6.18. The van der Waals surface area contributed by atoms with E-state index in [1.54, 1.807) is 0 Å². The number of nitrogens with zero attached hydrogens (tertiary/aromatic N) is 1. The molecule has 0 aromatic rings. The van der Waals surface area contributed by atoms with Gasteiger partial charge in [0.25, 0.3) is 0 Å². The zero-order valence-electron chi connectivity index (χ0n) is 13.8. The third-order valence-corrected chi connectivity index (χ3v) is 3.26. The summed E-state index contributed by atoms with van der Waals surface area (Å²) in [6, 6.07) is 0. The predicted octanol–water partition coefficient (Wildman–Crippen LogP) is -0.929. The van der Waals surface area contributed by atoms with Gasteiger partial charge in [-0.3, -0.25) is 5.01 Å². The molecule has 136 valence electrons. The van der Waals surface area contributed by atoms with Crippen LogP contribution in [-0.4, -0.2) is 62.0 Å². The van der Waals surface area contributed by atoms with Gasteiger partial charge in [0.05, 0.1) is 0 Å². The lowest BCUT2D eigenvalue weighted by Gasteiger charge is -2.41. The molecule has 1 aliphatic heterocycles. The largest absolute Gasteiger partial charge is 0.479 e. The maximum atomic E-state index is 11.0. The summed E-state index contributed by atoms with van der Waals surface area (Å²) >= 11 is 0. The Balaban J connectivity index is 0.00000232. The Hall–Kier alpha value is -1.39. The minimum Gasteiger partial charge on any atom is -0.479 e. The van der Waals surface area contributed by atoms with Crippen molar-refractivity contribution in [2.75, 3.05) is 0 Å². The molecule has 1 rings (SSSR count). The summed E-state index contributed by atoms with van der Waals surface area (Å²) < 4.78 is 5.05. The van der Waals surface area contributed by atoms with Gasteiger partial charge in [-0.25, -0.2) is 10.6 Å². The first kappa shape index (κ1) is 21.6. The highest BCUT2D eigenvalue weighted by Gasteiger charge is 2.48. The standard InChI is InChI=1S/C12H23N3O6.C2H6/c1-2-3-4-6(13)5-15(14)11-9(18)7(16)8(17)10(21-11)12(19)20;1-2/h5,7-11,16-18H,2-4,13-14H2,1H3,(H,19,20);1-2H3/b6-5-;. The normalized spacial score (nSPS) is 31.1. The second-order valence-corrected chi connectivity index (χ2v) is 5.01. The Morgan fingerprint density at radius 2 is 1.78 bits per heavy atom.